The van der Waals surface area contributed by atoms with Crippen molar-refractivity contribution in [2.45, 2.75) is 0 Å². The number of benzene rings is 2. The van der Waals surface area contributed by atoms with E-state index in [0.29, 0.717) is 0 Å². The van der Waals surface area contributed by atoms with Gasteiger partial charge in [-0.3, -0.25) is 0 Å². The normalized spacial score (nSPS) is 10.9. The van der Waals surface area contributed by atoms with Crippen LogP contribution in [0.2, 0.25) is 5.02 Å². The van der Waals surface area contributed by atoms with Crippen molar-refractivity contribution in [2.75, 3.05) is 5.43 Å². The molecule has 3 rings (SSSR count). The van der Waals surface area contributed by atoms with Crippen molar-refractivity contribution < 1.29 is 0 Å². The maximum atomic E-state index is 5.84. The molecule has 0 fully saturated rings. The number of hydrogen-bond acceptors (Lipinski definition) is 3. The topological polar surface area (TPSA) is 37.3 Å². The van der Waals surface area contributed by atoms with Crippen LogP contribution >= 0.6 is 11.6 Å². The molecule has 1 heterocycles. The average Bonchev–Trinajstić information content (AvgIpc) is 2.99. The average molecular weight is 361 g/mol. The van der Waals surface area contributed by atoms with Crippen molar-refractivity contribution >= 4 is 37.0 Å². The van der Waals surface area contributed by atoms with E-state index in [1.165, 1.54) is 0 Å². The van der Waals surface area contributed by atoms with Crippen molar-refractivity contribution in [1.29, 1.82) is 0 Å². The van der Waals surface area contributed by atoms with Gasteiger partial charge < -0.3 is 0 Å². The first-order valence-corrected chi connectivity index (χ1v) is 8.59. The van der Waals surface area contributed by atoms with E-state index >= 15 is 0 Å². The predicted octanol–water partition coefficient (Wildman–Crippen LogP) is 3.91. The Morgan fingerprint density at radius 3 is 2.57 bits per heavy atom. The van der Waals surface area contributed by atoms with E-state index in [2.05, 4.69) is 32.6 Å². The number of halogens is 1. The molecule has 0 saturated heterocycles. The van der Waals surface area contributed by atoms with Crippen LogP contribution in [0.3, 0.4) is 0 Å². The summed E-state index contributed by atoms with van der Waals surface area (Å²) in [5.41, 5.74) is 6.15. The Bertz CT molecular complexity index is 736. The molecule has 0 amide bonds. The fourth-order valence-corrected chi connectivity index (χ4v) is 3.31. The van der Waals surface area contributed by atoms with E-state index in [0.717, 1.165) is 26.5 Å². The van der Waals surface area contributed by atoms with Gasteiger partial charge in [-0.25, -0.2) is 0 Å². The fourth-order valence-electron chi connectivity index (χ4n) is 1.78. The van der Waals surface area contributed by atoms with Gasteiger partial charge in [-0.2, -0.15) is 0 Å². The molecule has 2 aromatic carbocycles. The van der Waals surface area contributed by atoms with Crippen LogP contribution in [0.4, 0.5) is 4.69 Å². The second-order valence-electron chi connectivity index (χ2n) is 4.33. The van der Waals surface area contributed by atoms with E-state index in [1.807, 2.05) is 42.5 Å². The SMILES string of the molecule is Clc1ccc(/C=N/Nc2nc(-c3ccccc3)c[se]2)cc1. The third-order valence-corrected chi connectivity index (χ3v) is 4.64. The van der Waals surface area contributed by atoms with Gasteiger partial charge in [-0.15, -0.1) is 0 Å². The van der Waals surface area contributed by atoms with Gasteiger partial charge >= 0.3 is 134 Å². The number of nitrogens with one attached hydrogen (secondary N) is 1. The number of anilines is 1. The van der Waals surface area contributed by atoms with E-state index < -0.39 is 0 Å². The summed E-state index contributed by atoms with van der Waals surface area (Å²) in [6.07, 6.45) is 1.76. The monoisotopic (exact) mass is 361 g/mol. The van der Waals surface area contributed by atoms with E-state index in [9.17, 15) is 0 Å². The quantitative estimate of drug-likeness (QED) is 0.435. The standard InChI is InChI=1S/C16H12ClN3Se/c17-14-8-6-12(7-9-14)10-18-20-16-19-15(11-21-16)13-4-2-1-3-5-13/h1-11H,(H,19,20)/b18-10+. The van der Waals surface area contributed by atoms with E-state index in [-0.39, 0.29) is 14.5 Å². The van der Waals surface area contributed by atoms with Crippen LogP contribution in [0.15, 0.2) is 64.6 Å². The van der Waals surface area contributed by atoms with Gasteiger partial charge in [-0.1, -0.05) is 0 Å². The molecule has 0 atom stereocenters. The zero-order valence-electron chi connectivity index (χ0n) is 11.0. The van der Waals surface area contributed by atoms with Crippen molar-refractivity contribution in [3.05, 3.63) is 70.1 Å². The molecule has 0 unspecified atom stereocenters. The first-order valence-electron chi connectivity index (χ1n) is 6.37. The summed E-state index contributed by atoms with van der Waals surface area (Å²) in [5, 5.41) is 4.94. The van der Waals surface area contributed by atoms with Crippen LogP contribution in [-0.4, -0.2) is 25.7 Å². The van der Waals surface area contributed by atoms with Crippen LogP contribution in [0, 0.1) is 0 Å². The molecular formula is C16H12ClN3Se. The molecule has 1 N–H and O–H groups in total. The minimum atomic E-state index is 0.197. The summed E-state index contributed by atoms with van der Waals surface area (Å²) in [7, 11) is 0. The number of hydrogen-bond donors (Lipinski definition) is 1. The predicted molar refractivity (Wildman–Crippen MR) is 89.3 cm³/mol. The molecule has 0 aliphatic carbocycles. The Morgan fingerprint density at radius 2 is 1.81 bits per heavy atom. The number of rotatable bonds is 4. The zero-order valence-corrected chi connectivity index (χ0v) is 13.5. The van der Waals surface area contributed by atoms with Gasteiger partial charge in [0.2, 0.25) is 0 Å². The minimum absolute atomic E-state index is 0.197. The summed E-state index contributed by atoms with van der Waals surface area (Å²) in [5.74, 6) is 0. The molecular weight excluding hydrogens is 349 g/mol. The second-order valence-corrected chi connectivity index (χ2v) is 6.56. The first-order chi connectivity index (χ1) is 10.3. The Balaban J connectivity index is 1.66. The van der Waals surface area contributed by atoms with Gasteiger partial charge in [0.15, 0.2) is 0 Å². The summed E-state index contributed by atoms with van der Waals surface area (Å²) < 4.78 is 0.909. The van der Waals surface area contributed by atoms with Crippen molar-refractivity contribution in [2.24, 2.45) is 5.10 Å². The molecule has 21 heavy (non-hydrogen) atoms. The maximum absolute atomic E-state index is 5.84. The van der Waals surface area contributed by atoms with Crippen LogP contribution in [-0.2, 0) is 0 Å². The van der Waals surface area contributed by atoms with E-state index in [4.69, 9.17) is 11.6 Å². The Kier molecular flexibility index (Phi) is 4.51. The zero-order chi connectivity index (χ0) is 14.5. The molecule has 0 aliphatic heterocycles. The fraction of sp³-hybridized carbons (Fsp3) is 0. The third kappa shape index (κ3) is 3.82. The molecule has 0 saturated carbocycles. The molecule has 1 aromatic heterocycles. The molecule has 5 heteroatoms. The van der Waals surface area contributed by atoms with Gasteiger partial charge in [0.05, 0.1) is 0 Å². The number of aromatic nitrogens is 1. The van der Waals surface area contributed by atoms with Gasteiger partial charge in [-0.05, 0) is 0 Å². The van der Waals surface area contributed by atoms with Crippen LogP contribution in [0.5, 0.6) is 0 Å². The van der Waals surface area contributed by atoms with Crippen LogP contribution in [0.25, 0.3) is 11.3 Å². The Labute approximate surface area is 134 Å². The van der Waals surface area contributed by atoms with E-state index in [1.54, 1.807) is 6.21 Å². The molecule has 104 valence electrons. The third-order valence-electron chi connectivity index (χ3n) is 2.82. The molecule has 3 nitrogen and oxygen atoms in total. The molecule has 0 spiro atoms. The summed E-state index contributed by atoms with van der Waals surface area (Å²) in [6, 6.07) is 17.7. The summed E-state index contributed by atoms with van der Waals surface area (Å²) in [4.78, 5) is 6.72. The Morgan fingerprint density at radius 1 is 1.05 bits per heavy atom. The molecule has 0 bridgehead atoms. The van der Waals surface area contributed by atoms with Crippen LogP contribution in [0.1, 0.15) is 5.56 Å². The van der Waals surface area contributed by atoms with Gasteiger partial charge in [0, 0.05) is 0 Å². The van der Waals surface area contributed by atoms with Crippen molar-refractivity contribution in [3.8, 4) is 11.3 Å². The molecule has 3 aromatic rings. The van der Waals surface area contributed by atoms with Crippen LogP contribution < -0.4 is 5.43 Å². The molecule has 0 radical (unpaired) electrons. The Hall–Kier alpha value is -1.87. The van der Waals surface area contributed by atoms with Gasteiger partial charge in [0.25, 0.3) is 0 Å². The van der Waals surface area contributed by atoms with Crippen molar-refractivity contribution in [1.82, 2.24) is 4.98 Å². The summed E-state index contributed by atoms with van der Waals surface area (Å²) >= 11 is 6.04. The summed E-state index contributed by atoms with van der Waals surface area (Å²) in [6.45, 7) is 0. The van der Waals surface area contributed by atoms with Crippen molar-refractivity contribution in [3.63, 3.8) is 0 Å². The molecule has 0 aliphatic rings. The first kappa shape index (κ1) is 14.1. The second kappa shape index (κ2) is 6.72. The number of hydrazone groups is 1. The number of nitrogens with zero attached hydrogens (tertiary/aromatic N) is 2. The van der Waals surface area contributed by atoms with Gasteiger partial charge in [0.1, 0.15) is 0 Å².